The van der Waals surface area contributed by atoms with E-state index in [1.165, 1.54) is 0 Å². The van der Waals surface area contributed by atoms with Crippen molar-refractivity contribution in [3.63, 3.8) is 0 Å². The first-order valence-electron chi connectivity index (χ1n) is 5.57. The number of Topliss-reactive ketones (excluding diaryl/α,β-unsaturated/α-hetero) is 1. The first-order valence-corrected chi connectivity index (χ1v) is 5.57. The lowest BCUT2D eigenvalue weighted by Crippen LogP contribution is -2.38. The third-order valence-corrected chi connectivity index (χ3v) is 3.81. The van der Waals surface area contributed by atoms with E-state index in [4.69, 9.17) is 5.11 Å². The average molecular weight is 211 g/mol. The van der Waals surface area contributed by atoms with Crippen LogP contribution in [0.5, 0.6) is 0 Å². The zero-order valence-electron chi connectivity index (χ0n) is 8.90. The maximum Gasteiger partial charge on any atom is 0.320 e. The molecule has 84 valence electrons. The molecule has 4 heteroatoms. The highest BCUT2D eigenvalue weighted by molar-refractivity contribution is 5.78. The van der Waals surface area contributed by atoms with Gasteiger partial charge in [-0.15, -0.1) is 0 Å². The summed E-state index contributed by atoms with van der Waals surface area (Å²) in [4.78, 5) is 22.1. The molecular weight excluding hydrogens is 194 g/mol. The Bertz CT molecular complexity index is 278. The third-order valence-electron chi connectivity index (χ3n) is 3.81. The summed E-state index contributed by atoms with van der Waals surface area (Å²) in [5.74, 6) is 0.0466. The number of carbonyl (C=O) groups is 2. The molecule has 2 fully saturated rings. The van der Waals surface area contributed by atoms with E-state index >= 15 is 0 Å². The summed E-state index contributed by atoms with van der Waals surface area (Å²) >= 11 is 0. The van der Waals surface area contributed by atoms with Crippen molar-refractivity contribution in [1.82, 2.24) is 5.32 Å². The fraction of sp³-hybridized carbons (Fsp3) is 0.818. The second-order valence-corrected chi connectivity index (χ2v) is 4.78. The summed E-state index contributed by atoms with van der Waals surface area (Å²) in [6, 6.07) is -0.0765. The monoisotopic (exact) mass is 211 g/mol. The van der Waals surface area contributed by atoms with Crippen LogP contribution in [0.2, 0.25) is 0 Å². The molecule has 15 heavy (non-hydrogen) atoms. The smallest absolute Gasteiger partial charge is 0.320 e. The molecule has 0 radical (unpaired) electrons. The molecule has 0 aromatic heterocycles. The van der Waals surface area contributed by atoms with Crippen molar-refractivity contribution in [2.45, 2.75) is 44.7 Å². The van der Waals surface area contributed by atoms with Crippen LogP contribution >= 0.6 is 0 Å². The zero-order valence-corrected chi connectivity index (χ0v) is 8.90. The summed E-state index contributed by atoms with van der Waals surface area (Å²) in [5, 5.41) is 12.0. The van der Waals surface area contributed by atoms with Crippen LogP contribution in [-0.2, 0) is 9.59 Å². The number of carboxylic acids is 1. The number of nitrogens with one attached hydrogen (secondary N) is 1. The van der Waals surface area contributed by atoms with Gasteiger partial charge in [0.05, 0.1) is 0 Å². The lowest BCUT2D eigenvalue weighted by molar-refractivity contribution is -0.139. The molecule has 0 amide bonds. The summed E-state index contributed by atoms with van der Waals surface area (Å²) in [6.07, 6.45) is 3.41. The van der Waals surface area contributed by atoms with Gasteiger partial charge in [0.1, 0.15) is 11.8 Å². The van der Waals surface area contributed by atoms with Crippen LogP contribution in [-0.4, -0.2) is 28.9 Å². The number of carbonyl (C=O) groups excluding carboxylic acids is 1. The number of ketones is 1. The second kappa shape index (κ2) is 3.93. The van der Waals surface area contributed by atoms with Crippen molar-refractivity contribution in [2.75, 3.05) is 0 Å². The Morgan fingerprint density at radius 3 is 2.60 bits per heavy atom. The molecule has 0 bridgehead atoms. The Morgan fingerprint density at radius 2 is 2.00 bits per heavy atom. The number of aliphatic carboxylic acids is 1. The van der Waals surface area contributed by atoms with Gasteiger partial charge in [-0.2, -0.15) is 0 Å². The Morgan fingerprint density at radius 1 is 1.27 bits per heavy atom. The van der Waals surface area contributed by atoms with E-state index < -0.39 is 12.0 Å². The Hall–Kier alpha value is -0.900. The molecule has 0 aromatic rings. The van der Waals surface area contributed by atoms with Crippen LogP contribution in [0.1, 0.15) is 32.6 Å². The standard InChI is InChI=1S/C11H17NO3/c1-6(13)7-2-3-9-8(4-7)5-10(12-9)11(14)15/h7-10,12H,2-5H2,1H3,(H,14,15). The predicted molar refractivity (Wildman–Crippen MR) is 54.5 cm³/mol. The van der Waals surface area contributed by atoms with Gasteiger partial charge in [0, 0.05) is 12.0 Å². The van der Waals surface area contributed by atoms with E-state index in [-0.39, 0.29) is 11.7 Å². The average Bonchev–Trinajstić information content (AvgIpc) is 2.59. The van der Waals surface area contributed by atoms with Gasteiger partial charge in [0.2, 0.25) is 0 Å². The molecule has 4 unspecified atom stereocenters. The molecule has 1 saturated carbocycles. The van der Waals surface area contributed by atoms with E-state index in [0.717, 1.165) is 19.3 Å². The number of hydrogen-bond acceptors (Lipinski definition) is 3. The summed E-state index contributed by atoms with van der Waals surface area (Å²) in [5.41, 5.74) is 0. The minimum atomic E-state index is -0.760. The number of hydrogen-bond donors (Lipinski definition) is 2. The molecule has 2 rings (SSSR count). The lowest BCUT2D eigenvalue weighted by Gasteiger charge is -2.29. The van der Waals surface area contributed by atoms with E-state index in [9.17, 15) is 9.59 Å². The van der Waals surface area contributed by atoms with Crippen LogP contribution in [0.4, 0.5) is 0 Å². The molecule has 2 N–H and O–H groups in total. The first-order chi connectivity index (χ1) is 7.08. The van der Waals surface area contributed by atoms with E-state index in [0.29, 0.717) is 18.4 Å². The van der Waals surface area contributed by atoms with Crippen LogP contribution in [0, 0.1) is 11.8 Å². The zero-order chi connectivity index (χ0) is 11.0. The van der Waals surface area contributed by atoms with Gasteiger partial charge in [0.15, 0.2) is 0 Å². The molecule has 1 heterocycles. The third kappa shape index (κ3) is 2.04. The summed E-state index contributed by atoms with van der Waals surface area (Å²) in [6.45, 7) is 1.64. The SMILES string of the molecule is CC(=O)C1CCC2NC(C(=O)O)CC2C1. The van der Waals surface area contributed by atoms with Gasteiger partial charge in [-0.05, 0) is 38.5 Å². The fourth-order valence-corrected chi connectivity index (χ4v) is 2.91. The molecule has 4 nitrogen and oxygen atoms in total. The summed E-state index contributed by atoms with van der Waals surface area (Å²) < 4.78 is 0. The van der Waals surface area contributed by atoms with Gasteiger partial charge < -0.3 is 10.4 Å². The lowest BCUT2D eigenvalue weighted by atomic mass is 9.77. The molecule has 1 aliphatic carbocycles. The Balaban J connectivity index is 1.98. The molecular formula is C11H17NO3. The van der Waals surface area contributed by atoms with Crippen LogP contribution < -0.4 is 5.32 Å². The van der Waals surface area contributed by atoms with Crippen molar-refractivity contribution in [2.24, 2.45) is 11.8 Å². The number of fused-ring (bicyclic) bond motifs is 1. The van der Waals surface area contributed by atoms with Gasteiger partial charge in [-0.1, -0.05) is 0 Å². The second-order valence-electron chi connectivity index (χ2n) is 4.78. The minimum absolute atomic E-state index is 0.167. The maximum atomic E-state index is 11.3. The van der Waals surface area contributed by atoms with E-state index in [2.05, 4.69) is 5.32 Å². The molecule has 1 aliphatic heterocycles. The van der Waals surface area contributed by atoms with Gasteiger partial charge in [0.25, 0.3) is 0 Å². The molecule has 0 aromatic carbocycles. The predicted octanol–water partition coefficient (Wildman–Crippen LogP) is 0.807. The van der Waals surface area contributed by atoms with Gasteiger partial charge in [-0.3, -0.25) is 9.59 Å². The minimum Gasteiger partial charge on any atom is -0.480 e. The Kier molecular flexibility index (Phi) is 2.78. The fourth-order valence-electron chi connectivity index (χ4n) is 2.91. The number of rotatable bonds is 2. The quantitative estimate of drug-likeness (QED) is 0.709. The number of carboxylic acid groups (broad SMARTS) is 1. The van der Waals surface area contributed by atoms with Crippen LogP contribution in [0.15, 0.2) is 0 Å². The Labute approximate surface area is 89.0 Å². The highest BCUT2D eigenvalue weighted by Crippen LogP contribution is 2.36. The molecule has 0 spiro atoms. The van der Waals surface area contributed by atoms with E-state index in [1.54, 1.807) is 6.92 Å². The summed E-state index contributed by atoms with van der Waals surface area (Å²) in [7, 11) is 0. The first kappa shape index (κ1) is 10.6. The molecule has 2 aliphatic rings. The highest BCUT2D eigenvalue weighted by atomic mass is 16.4. The van der Waals surface area contributed by atoms with Crippen molar-refractivity contribution in [3.8, 4) is 0 Å². The van der Waals surface area contributed by atoms with Gasteiger partial charge in [-0.25, -0.2) is 0 Å². The maximum absolute atomic E-state index is 11.3. The molecule has 1 saturated heterocycles. The largest absolute Gasteiger partial charge is 0.480 e. The van der Waals surface area contributed by atoms with Crippen molar-refractivity contribution in [3.05, 3.63) is 0 Å². The molecule has 4 atom stereocenters. The van der Waals surface area contributed by atoms with Crippen LogP contribution in [0.25, 0.3) is 0 Å². The normalized spacial score (nSPS) is 39.8. The topological polar surface area (TPSA) is 66.4 Å². The van der Waals surface area contributed by atoms with Crippen molar-refractivity contribution in [1.29, 1.82) is 0 Å². The highest BCUT2D eigenvalue weighted by Gasteiger charge is 2.41. The van der Waals surface area contributed by atoms with Crippen molar-refractivity contribution < 1.29 is 14.7 Å². The van der Waals surface area contributed by atoms with Crippen LogP contribution in [0.3, 0.4) is 0 Å². The van der Waals surface area contributed by atoms with Crippen molar-refractivity contribution >= 4 is 11.8 Å². The van der Waals surface area contributed by atoms with E-state index in [1.807, 2.05) is 0 Å². The van der Waals surface area contributed by atoms with Gasteiger partial charge >= 0.3 is 5.97 Å².